The zero-order valence-corrected chi connectivity index (χ0v) is 13.8. The van der Waals surface area contributed by atoms with Gasteiger partial charge in [0.05, 0.1) is 11.2 Å². The monoisotopic (exact) mass is 297 g/mol. The Morgan fingerprint density at radius 3 is 1.90 bits per heavy atom. The second kappa shape index (κ2) is 6.06. The molecule has 20 heavy (non-hydrogen) atoms. The minimum Gasteiger partial charge on any atom is -0.399 e. The van der Waals surface area contributed by atoms with Gasteiger partial charge in [-0.3, -0.25) is 0 Å². The molecule has 0 radical (unpaired) electrons. The highest BCUT2D eigenvalue weighted by atomic mass is 35.5. The quantitative estimate of drug-likeness (QED) is 0.872. The molecule has 1 heterocycles. The maximum absolute atomic E-state index is 6.03. The Morgan fingerprint density at radius 1 is 1.05 bits per heavy atom. The molecule has 2 rings (SSSR count). The second-order valence-electron chi connectivity index (χ2n) is 6.39. The van der Waals surface area contributed by atoms with Gasteiger partial charge in [0.2, 0.25) is 0 Å². The number of hydrogen-bond acceptors (Lipinski definition) is 3. The third kappa shape index (κ3) is 3.20. The average Bonchev–Trinajstić information content (AvgIpc) is 2.58. The highest BCUT2D eigenvalue weighted by Crippen LogP contribution is 2.36. The number of benzene rings is 1. The van der Waals surface area contributed by atoms with Crippen LogP contribution in [0.1, 0.15) is 46.1 Å². The van der Waals surface area contributed by atoms with Gasteiger partial charge in [-0.25, -0.2) is 0 Å². The van der Waals surface area contributed by atoms with E-state index in [9.17, 15) is 0 Å². The highest BCUT2D eigenvalue weighted by Gasteiger charge is 2.51. The number of rotatable bonds is 3. The smallest absolute Gasteiger partial charge is 0.399 e. The molecule has 0 bridgehead atoms. The van der Waals surface area contributed by atoms with Crippen LogP contribution in [0.3, 0.4) is 0 Å². The van der Waals surface area contributed by atoms with Gasteiger partial charge in [-0.05, 0) is 51.2 Å². The van der Waals surface area contributed by atoms with Crippen LogP contribution in [0.4, 0.5) is 0 Å². The summed E-state index contributed by atoms with van der Waals surface area (Å²) in [6.07, 6.45) is 0. The lowest BCUT2D eigenvalue weighted by Crippen LogP contribution is -2.41. The van der Waals surface area contributed by atoms with Crippen molar-refractivity contribution >= 4 is 25.0 Å². The lowest BCUT2D eigenvalue weighted by atomic mass is 9.78. The van der Waals surface area contributed by atoms with Gasteiger partial charge in [-0.15, -0.1) is 12.4 Å². The van der Waals surface area contributed by atoms with Crippen LogP contribution in [0.25, 0.3) is 0 Å². The largest absolute Gasteiger partial charge is 0.494 e. The third-order valence-corrected chi connectivity index (χ3v) is 4.38. The van der Waals surface area contributed by atoms with Crippen LogP contribution < -0.4 is 11.2 Å². The van der Waals surface area contributed by atoms with Crippen molar-refractivity contribution in [3.8, 4) is 0 Å². The summed E-state index contributed by atoms with van der Waals surface area (Å²) in [4.78, 5) is 0. The van der Waals surface area contributed by atoms with Gasteiger partial charge in [0.15, 0.2) is 0 Å². The molecule has 1 fully saturated rings. The molecule has 0 spiro atoms. The Hall–Kier alpha value is -0.545. The number of hydrogen-bond donors (Lipinski definition) is 1. The van der Waals surface area contributed by atoms with E-state index in [0.717, 1.165) is 5.46 Å². The predicted molar refractivity (Wildman–Crippen MR) is 86.9 cm³/mol. The minimum absolute atomic E-state index is 0. The lowest BCUT2D eigenvalue weighted by Gasteiger charge is -2.32. The van der Waals surface area contributed by atoms with E-state index < -0.39 is 0 Å². The SMILES string of the molecule is CC(CN)c1ccc(B2OC(C)(C)C(C)(C)O2)cc1.Cl. The van der Waals surface area contributed by atoms with Gasteiger partial charge in [0, 0.05) is 0 Å². The summed E-state index contributed by atoms with van der Waals surface area (Å²) >= 11 is 0. The Balaban J connectivity index is 0.00000200. The molecule has 0 amide bonds. The summed E-state index contributed by atoms with van der Waals surface area (Å²) in [5.74, 6) is 0.382. The van der Waals surface area contributed by atoms with E-state index in [4.69, 9.17) is 15.0 Å². The van der Waals surface area contributed by atoms with Crippen LogP contribution >= 0.6 is 12.4 Å². The Kier molecular flexibility index (Phi) is 5.31. The molecule has 0 aromatic heterocycles. The van der Waals surface area contributed by atoms with E-state index in [2.05, 4.69) is 58.9 Å². The zero-order valence-electron chi connectivity index (χ0n) is 13.0. The third-order valence-electron chi connectivity index (χ3n) is 4.38. The van der Waals surface area contributed by atoms with Crippen molar-refractivity contribution in [2.45, 2.75) is 51.7 Å². The molecule has 2 N–H and O–H groups in total. The van der Waals surface area contributed by atoms with E-state index in [-0.39, 0.29) is 30.7 Å². The van der Waals surface area contributed by atoms with Gasteiger partial charge < -0.3 is 15.0 Å². The summed E-state index contributed by atoms with van der Waals surface area (Å²) in [6.45, 7) is 11.1. The van der Waals surface area contributed by atoms with Crippen molar-refractivity contribution in [2.24, 2.45) is 5.73 Å². The fourth-order valence-corrected chi connectivity index (χ4v) is 2.10. The van der Waals surface area contributed by atoms with E-state index in [0.29, 0.717) is 12.5 Å². The molecule has 0 saturated carbocycles. The van der Waals surface area contributed by atoms with E-state index in [1.165, 1.54) is 5.56 Å². The first kappa shape index (κ1) is 17.5. The normalized spacial score (nSPS) is 21.4. The van der Waals surface area contributed by atoms with Gasteiger partial charge in [0.25, 0.3) is 0 Å². The maximum atomic E-state index is 6.03. The van der Waals surface area contributed by atoms with Crippen molar-refractivity contribution in [3.05, 3.63) is 29.8 Å². The first-order valence-corrected chi connectivity index (χ1v) is 6.92. The van der Waals surface area contributed by atoms with Gasteiger partial charge in [0.1, 0.15) is 0 Å². The summed E-state index contributed by atoms with van der Waals surface area (Å²) in [7, 11) is -0.285. The lowest BCUT2D eigenvalue weighted by molar-refractivity contribution is 0.00578. The molecule has 1 aromatic rings. The Morgan fingerprint density at radius 2 is 1.50 bits per heavy atom. The minimum atomic E-state index is -0.291. The molecular weight excluding hydrogens is 272 g/mol. The van der Waals surface area contributed by atoms with Crippen LogP contribution in [0.15, 0.2) is 24.3 Å². The molecule has 1 saturated heterocycles. The van der Waals surface area contributed by atoms with Crippen molar-refractivity contribution in [1.29, 1.82) is 0 Å². The van der Waals surface area contributed by atoms with Crippen molar-refractivity contribution < 1.29 is 9.31 Å². The second-order valence-corrected chi connectivity index (χ2v) is 6.39. The highest BCUT2D eigenvalue weighted by molar-refractivity contribution is 6.62. The Labute approximate surface area is 128 Å². The first-order valence-electron chi connectivity index (χ1n) is 6.92. The number of nitrogens with two attached hydrogens (primary N) is 1. The van der Waals surface area contributed by atoms with Gasteiger partial charge in [-0.1, -0.05) is 31.2 Å². The van der Waals surface area contributed by atoms with E-state index in [1.54, 1.807) is 0 Å². The molecule has 112 valence electrons. The van der Waals surface area contributed by atoms with Crippen LogP contribution in [0, 0.1) is 0 Å². The zero-order chi connectivity index (χ0) is 14.3. The van der Waals surface area contributed by atoms with E-state index >= 15 is 0 Å². The average molecular weight is 298 g/mol. The Bertz CT molecular complexity index is 432. The fourth-order valence-electron chi connectivity index (χ4n) is 2.10. The van der Waals surface area contributed by atoms with E-state index in [1.807, 2.05) is 0 Å². The van der Waals surface area contributed by atoms with Gasteiger partial charge >= 0.3 is 7.12 Å². The van der Waals surface area contributed by atoms with Crippen LogP contribution in [0.2, 0.25) is 0 Å². The van der Waals surface area contributed by atoms with Crippen molar-refractivity contribution in [3.63, 3.8) is 0 Å². The molecule has 1 atom stereocenters. The molecule has 1 aliphatic heterocycles. The molecular formula is C15H25BClNO2. The van der Waals surface area contributed by atoms with Crippen LogP contribution in [-0.2, 0) is 9.31 Å². The topological polar surface area (TPSA) is 44.5 Å². The van der Waals surface area contributed by atoms with Crippen LogP contribution in [0.5, 0.6) is 0 Å². The molecule has 0 aliphatic carbocycles. The first-order chi connectivity index (χ1) is 8.77. The molecule has 1 aliphatic rings. The molecule has 5 heteroatoms. The summed E-state index contributed by atoms with van der Waals surface area (Å²) in [5, 5.41) is 0. The van der Waals surface area contributed by atoms with Gasteiger partial charge in [-0.2, -0.15) is 0 Å². The van der Waals surface area contributed by atoms with Crippen molar-refractivity contribution in [1.82, 2.24) is 0 Å². The number of halogens is 1. The van der Waals surface area contributed by atoms with Crippen LogP contribution in [-0.4, -0.2) is 24.9 Å². The summed E-state index contributed by atoms with van der Waals surface area (Å²) in [6, 6.07) is 8.36. The molecule has 1 unspecified atom stereocenters. The fraction of sp³-hybridized carbons (Fsp3) is 0.600. The molecule has 1 aromatic carbocycles. The predicted octanol–water partition coefficient (Wildman–Crippen LogP) is 2.47. The standard InChI is InChI=1S/C15H24BNO2.ClH/c1-11(10-17)12-6-8-13(9-7-12)16-18-14(2,3)15(4,5)19-16;/h6-9,11H,10,17H2,1-5H3;1H. The summed E-state index contributed by atoms with van der Waals surface area (Å²) < 4.78 is 12.1. The van der Waals surface area contributed by atoms with Crippen molar-refractivity contribution in [2.75, 3.05) is 6.54 Å². The summed E-state index contributed by atoms with van der Waals surface area (Å²) in [5.41, 5.74) is 7.42. The maximum Gasteiger partial charge on any atom is 0.494 e. The molecule has 3 nitrogen and oxygen atoms in total.